The van der Waals surface area contributed by atoms with Crippen molar-refractivity contribution >= 4 is 13.4 Å². The minimum atomic E-state index is -4.27. The van der Waals surface area contributed by atoms with Crippen molar-refractivity contribution in [2.45, 2.75) is 6.54 Å². The summed E-state index contributed by atoms with van der Waals surface area (Å²) >= 11 is 0. The Morgan fingerprint density at radius 1 is 1.56 bits per heavy atom. The topological polar surface area (TPSA) is 139 Å². The first-order valence-corrected chi connectivity index (χ1v) is 6.68. The van der Waals surface area contributed by atoms with Crippen molar-refractivity contribution in [1.29, 1.82) is 0 Å². The largest absolute Gasteiger partial charge is 0.396 e. The predicted molar refractivity (Wildman–Crippen MR) is 64.7 cm³/mol. The number of aliphatic hydroxyl groups is 1. The van der Waals surface area contributed by atoms with Crippen LogP contribution in [0.15, 0.2) is 29.0 Å². The van der Waals surface area contributed by atoms with Gasteiger partial charge in [-0.05, 0) is 6.07 Å². The molecule has 1 unspecified atom stereocenters. The quantitative estimate of drug-likeness (QED) is 0.512. The molecule has 1 aromatic heterocycles. The number of hydrogen-bond donors (Lipinski definition) is 4. The lowest BCUT2D eigenvalue weighted by Crippen LogP contribution is -2.27. The van der Waals surface area contributed by atoms with E-state index in [9.17, 15) is 9.36 Å². The molecule has 18 heavy (non-hydrogen) atoms. The lowest BCUT2D eigenvalue weighted by atomic mass is 10.1. The van der Waals surface area contributed by atoms with Gasteiger partial charge in [0.2, 0.25) is 0 Å². The zero-order valence-corrected chi connectivity index (χ0v) is 10.3. The van der Waals surface area contributed by atoms with Crippen LogP contribution in [0.2, 0.25) is 0 Å². The fourth-order valence-electron chi connectivity index (χ4n) is 1.25. The van der Waals surface area contributed by atoms with E-state index in [1.807, 2.05) is 0 Å². The van der Waals surface area contributed by atoms with E-state index < -0.39 is 19.2 Å². The third-order valence-electron chi connectivity index (χ3n) is 2.11. The van der Waals surface area contributed by atoms with Crippen LogP contribution in [0.25, 0.3) is 0 Å². The highest BCUT2D eigenvalue weighted by Gasteiger charge is 2.11. The summed E-state index contributed by atoms with van der Waals surface area (Å²) in [6.45, 7) is -0.299. The van der Waals surface area contributed by atoms with Gasteiger partial charge >= 0.3 is 13.3 Å². The number of hydrogen-bond acceptors (Lipinski definition) is 5. The number of nitrogen functional groups attached to an aromatic ring is 1. The Hall–Kier alpha value is -1.47. The van der Waals surface area contributed by atoms with Crippen LogP contribution in [0.3, 0.4) is 0 Å². The van der Waals surface area contributed by atoms with Gasteiger partial charge in [-0.15, -0.1) is 0 Å². The highest BCUT2D eigenvalue weighted by molar-refractivity contribution is 7.55. The number of aliphatic hydroxyl groups excluding tert-OH is 1. The van der Waals surface area contributed by atoms with E-state index in [0.29, 0.717) is 5.82 Å². The zero-order valence-electron chi connectivity index (χ0n) is 9.38. The molecule has 1 atom stereocenters. The van der Waals surface area contributed by atoms with Gasteiger partial charge in [0.1, 0.15) is 5.82 Å². The summed E-state index contributed by atoms with van der Waals surface area (Å²) in [5.74, 6) is 0.187. The van der Waals surface area contributed by atoms with Crippen LogP contribution in [0, 0.1) is 5.92 Å². The number of anilines is 1. The summed E-state index contributed by atoms with van der Waals surface area (Å²) in [7, 11) is -4.27. The zero-order chi connectivity index (χ0) is 13.8. The molecule has 0 aromatic carbocycles. The molecule has 0 radical (unpaired) electrons. The lowest BCUT2D eigenvalue weighted by Gasteiger charge is -2.11. The second-order valence-electron chi connectivity index (χ2n) is 3.66. The average Bonchev–Trinajstić information content (AvgIpc) is 2.25. The monoisotopic (exact) mass is 275 g/mol. The predicted octanol–water partition coefficient (Wildman–Crippen LogP) is -0.875. The first-order valence-electron chi connectivity index (χ1n) is 5.00. The Bertz CT molecular complexity index is 535. The minimum absolute atomic E-state index is 0.0547. The highest BCUT2D eigenvalue weighted by Crippen LogP contribution is 2.36. The lowest BCUT2D eigenvalue weighted by molar-refractivity contribution is 0.238. The van der Waals surface area contributed by atoms with E-state index in [1.165, 1.54) is 22.9 Å². The van der Waals surface area contributed by atoms with Gasteiger partial charge in [0.25, 0.3) is 0 Å². The van der Waals surface area contributed by atoms with Crippen molar-refractivity contribution in [2.75, 3.05) is 12.3 Å². The molecule has 1 heterocycles. The third kappa shape index (κ3) is 4.80. The summed E-state index contributed by atoms with van der Waals surface area (Å²) in [4.78, 5) is 32.2. The van der Waals surface area contributed by atoms with E-state index in [0.717, 1.165) is 0 Å². The molecule has 1 rings (SSSR count). The minimum Gasteiger partial charge on any atom is -0.396 e. The molecular weight excluding hydrogens is 261 g/mol. The molecule has 0 saturated heterocycles. The number of rotatable bonds is 5. The smallest absolute Gasteiger partial charge is 0.349 e. The Kier molecular flexibility index (Phi) is 4.80. The van der Waals surface area contributed by atoms with Gasteiger partial charge in [-0.2, -0.15) is 4.98 Å². The van der Waals surface area contributed by atoms with E-state index in [-0.39, 0.29) is 19.0 Å². The molecule has 0 saturated carbocycles. The number of nitrogens with zero attached hydrogens (tertiary/aromatic N) is 2. The number of nitrogens with two attached hydrogens (primary N) is 1. The summed E-state index contributed by atoms with van der Waals surface area (Å²) < 4.78 is 11.8. The van der Waals surface area contributed by atoms with Gasteiger partial charge in [0.15, 0.2) is 0 Å². The second-order valence-corrected chi connectivity index (χ2v) is 5.14. The van der Waals surface area contributed by atoms with Crippen LogP contribution in [-0.2, 0) is 11.1 Å². The molecule has 0 aliphatic heterocycles. The fraction of sp³-hybridized carbons (Fsp3) is 0.333. The van der Waals surface area contributed by atoms with Crippen molar-refractivity contribution in [1.82, 2.24) is 9.55 Å². The highest BCUT2D eigenvalue weighted by atomic mass is 31.2. The van der Waals surface area contributed by atoms with Gasteiger partial charge < -0.3 is 20.6 Å². The van der Waals surface area contributed by atoms with E-state index in [1.54, 1.807) is 0 Å². The van der Waals surface area contributed by atoms with Crippen LogP contribution < -0.4 is 11.4 Å². The molecule has 0 amide bonds. The van der Waals surface area contributed by atoms with Crippen molar-refractivity contribution < 1.29 is 19.5 Å². The van der Waals surface area contributed by atoms with Gasteiger partial charge in [-0.1, -0.05) is 6.08 Å². The van der Waals surface area contributed by atoms with Gasteiger partial charge in [0, 0.05) is 24.5 Å². The van der Waals surface area contributed by atoms with Crippen LogP contribution in [0.1, 0.15) is 0 Å². The Labute approximate surface area is 103 Å². The van der Waals surface area contributed by atoms with Crippen molar-refractivity contribution in [3.63, 3.8) is 0 Å². The first kappa shape index (κ1) is 14.6. The van der Waals surface area contributed by atoms with Gasteiger partial charge in [-0.3, -0.25) is 9.13 Å². The maximum absolute atomic E-state index is 11.4. The summed E-state index contributed by atoms with van der Waals surface area (Å²) in [5.41, 5.74) is 4.73. The van der Waals surface area contributed by atoms with Crippen molar-refractivity contribution in [3.05, 3.63) is 34.6 Å². The molecule has 100 valence electrons. The molecular formula is C9H14N3O5P. The van der Waals surface area contributed by atoms with E-state index in [4.69, 9.17) is 20.6 Å². The van der Waals surface area contributed by atoms with Crippen molar-refractivity contribution in [2.24, 2.45) is 5.92 Å². The molecule has 0 fully saturated rings. The molecule has 0 bridgehead atoms. The molecule has 0 aliphatic carbocycles. The SMILES string of the molecule is Nc1ccn(CC(/C=C/P(=O)(O)O)CO)c(=O)n1. The van der Waals surface area contributed by atoms with Crippen LogP contribution >= 0.6 is 7.60 Å². The maximum Gasteiger partial charge on any atom is 0.349 e. The molecule has 1 aromatic rings. The second kappa shape index (κ2) is 5.92. The van der Waals surface area contributed by atoms with Crippen LogP contribution in [-0.4, -0.2) is 31.1 Å². The Balaban J connectivity index is 2.84. The molecule has 0 aliphatic rings. The summed E-state index contributed by atoms with van der Waals surface area (Å²) in [6.07, 6.45) is 2.57. The molecule has 8 nitrogen and oxygen atoms in total. The normalized spacial score (nSPS) is 13.9. The summed E-state index contributed by atoms with van der Waals surface area (Å²) in [6, 6.07) is 1.42. The standard InChI is InChI=1S/C9H14N3O5P/c10-8-1-3-12(9(14)11-8)5-7(6-13)2-4-18(15,16)17/h1-4,7,13H,5-6H2,(H2,10,11,14)(H2,15,16,17)/b4-2+. The average molecular weight is 275 g/mol. The van der Waals surface area contributed by atoms with Crippen LogP contribution in [0.4, 0.5) is 5.82 Å². The Morgan fingerprint density at radius 3 is 2.72 bits per heavy atom. The molecule has 0 spiro atoms. The van der Waals surface area contributed by atoms with Gasteiger partial charge in [0.05, 0.1) is 6.61 Å². The first-order chi connectivity index (χ1) is 8.31. The van der Waals surface area contributed by atoms with E-state index in [2.05, 4.69) is 4.98 Å². The maximum atomic E-state index is 11.4. The van der Waals surface area contributed by atoms with E-state index >= 15 is 0 Å². The van der Waals surface area contributed by atoms with Crippen molar-refractivity contribution in [3.8, 4) is 0 Å². The fourth-order valence-corrected chi connectivity index (χ4v) is 1.71. The van der Waals surface area contributed by atoms with Gasteiger partial charge in [-0.25, -0.2) is 4.79 Å². The number of aromatic nitrogens is 2. The van der Waals surface area contributed by atoms with Crippen LogP contribution in [0.5, 0.6) is 0 Å². The molecule has 9 heteroatoms. The molecule has 5 N–H and O–H groups in total. The third-order valence-corrected chi connectivity index (χ3v) is 2.67. The summed E-state index contributed by atoms with van der Waals surface area (Å²) in [5, 5.41) is 9.06. The Morgan fingerprint density at radius 2 is 2.22 bits per heavy atom.